The van der Waals surface area contributed by atoms with Crippen molar-refractivity contribution in [2.24, 2.45) is 0 Å². The van der Waals surface area contributed by atoms with Gasteiger partial charge in [-0.25, -0.2) is 0 Å². The van der Waals surface area contributed by atoms with Crippen LogP contribution >= 0.6 is 11.6 Å². The van der Waals surface area contributed by atoms with Gasteiger partial charge < -0.3 is 19.5 Å². The van der Waals surface area contributed by atoms with Crippen LogP contribution in [-0.2, 0) is 9.59 Å². The highest BCUT2D eigenvalue weighted by molar-refractivity contribution is 6.46. The highest BCUT2D eigenvalue weighted by Gasteiger charge is 2.46. The minimum atomic E-state index is -0.726. The zero-order chi connectivity index (χ0) is 22.7. The summed E-state index contributed by atoms with van der Waals surface area (Å²) >= 11 is 6.19. The Morgan fingerprint density at radius 2 is 1.84 bits per heavy atom. The molecular formula is C24H26ClNO5. The molecule has 1 aliphatic rings. The van der Waals surface area contributed by atoms with Gasteiger partial charge in [-0.3, -0.25) is 9.59 Å². The highest BCUT2D eigenvalue weighted by Crippen LogP contribution is 2.43. The van der Waals surface area contributed by atoms with Gasteiger partial charge in [0.15, 0.2) is 0 Å². The number of Topliss-reactive ketones (excluding diaryl/α,β-unsaturated/α-hetero) is 1. The van der Waals surface area contributed by atoms with Crippen LogP contribution in [0.4, 0.5) is 0 Å². The van der Waals surface area contributed by atoms with Gasteiger partial charge in [-0.2, -0.15) is 0 Å². The first-order chi connectivity index (χ1) is 14.8. The summed E-state index contributed by atoms with van der Waals surface area (Å²) in [6.45, 7) is 4.37. The van der Waals surface area contributed by atoms with Crippen molar-refractivity contribution >= 4 is 29.1 Å². The molecule has 0 spiro atoms. The SMILES string of the molecule is CCCCN1C(=O)C(=O)/C(=C(/O)c2cc(OC)c(Cl)cc2OC)C1c1cccc(C)c1. The van der Waals surface area contributed by atoms with Gasteiger partial charge in [0.25, 0.3) is 11.7 Å². The lowest BCUT2D eigenvalue weighted by atomic mass is 9.94. The van der Waals surface area contributed by atoms with E-state index < -0.39 is 17.7 Å². The molecule has 2 aromatic rings. The van der Waals surface area contributed by atoms with E-state index in [1.807, 2.05) is 38.1 Å². The number of hydrogen-bond acceptors (Lipinski definition) is 5. The minimum absolute atomic E-state index is 0.0226. The number of methoxy groups -OCH3 is 2. The lowest BCUT2D eigenvalue weighted by Gasteiger charge is -2.25. The Hall–Kier alpha value is -2.99. The summed E-state index contributed by atoms with van der Waals surface area (Å²) < 4.78 is 10.6. The van der Waals surface area contributed by atoms with Gasteiger partial charge in [0.2, 0.25) is 0 Å². The van der Waals surface area contributed by atoms with Crippen molar-refractivity contribution in [1.82, 2.24) is 4.90 Å². The Kier molecular flexibility index (Phi) is 6.91. The Labute approximate surface area is 187 Å². The number of aliphatic hydroxyl groups is 1. The predicted octanol–water partition coefficient (Wildman–Crippen LogP) is 4.89. The number of aliphatic hydroxyl groups excluding tert-OH is 1. The van der Waals surface area contributed by atoms with Crippen molar-refractivity contribution in [2.45, 2.75) is 32.7 Å². The molecule has 2 aromatic carbocycles. The van der Waals surface area contributed by atoms with Crippen LogP contribution in [0.2, 0.25) is 5.02 Å². The van der Waals surface area contributed by atoms with Crippen LogP contribution in [0.15, 0.2) is 42.0 Å². The summed E-state index contributed by atoms with van der Waals surface area (Å²) in [6, 6.07) is 9.90. The number of halogens is 1. The Bertz CT molecular complexity index is 1050. The summed E-state index contributed by atoms with van der Waals surface area (Å²) in [7, 11) is 2.89. The molecule has 0 bridgehead atoms. The number of carbonyl (C=O) groups excluding carboxylic acids is 2. The summed E-state index contributed by atoms with van der Waals surface area (Å²) in [5.41, 5.74) is 2.00. The van der Waals surface area contributed by atoms with E-state index in [1.54, 1.807) is 0 Å². The second-order valence-electron chi connectivity index (χ2n) is 7.45. The van der Waals surface area contributed by atoms with E-state index >= 15 is 0 Å². The first kappa shape index (κ1) is 22.7. The highest BCUT2D eigenvalue weighted by atomic mass is 35.5. The predicted molar refractivity (Wildman–Crippen MR) is 120 cm³/mol. The number of hydrogen-bond donors (Lipinski definition) is 1. The van der Waals surface area contributed by atoms with E-state index in [1.165, 1.54) is 31.3 Å². The van der Waals surface area contributed by atoms with Crippen LogP contribution in [0.5, 0.6) is 11.5 Å². The number of carbonyl (C=O) groups is 2. The summed E-state index contributed by atoms with van der Waals surface area (Å²) in [4.78, 5) is 27.5. The van der Waals surface area contributed by atoms with Gasteiger partial charge in [-0.15, -0.1) is 0 Å². The van der Waals surface area contributed by atoms with E-state index in [0.29, 0.717) is 17.3 Å². The molecule has 6 nitrogen and oxygen atoms in total. The topological polar surface area (TPSA) is 76.1 Å². The number of unbranched alkanes of at least 4 members (excludes halogenated alkanes) is 1. The van der Waals surface area contributed by atoms with Crippen LogP contribution in [0.1, 0.15) is 42.5 Å². The van der Waals surface area contributed by atoms with Gasteiger partial charge in [-0.1, -0.05) is 54.8 Å². The number of aryl methyl sites for hydroxylation is 1. The number of rotatable bonds is 7. The van der Waals surface area contributed by atoms with E-state index in [-0.39, 0.29) is 22.6 Å². The van der Waals surface area contributed by atoms with Crippen LogP contribution in [0, 0.1) is 6.92 Å². The number of benzene rings is 2. The molecule has 1 heterocycles. The fourth-order valence-corrected chi connectivity index (χ4v) is 4.05. The standard InChI is InChI=1S/C24H26ClNO5/c1-5-6-10-26-21(15-9-7-8-14(2)11-15)20(23(28)24(26)29)22(27)16-12-19(31-4)17(25)13-18(16)30-3/h7-9,11-13,21,27H,5-6,10H2,1-4H3/b22-20+. The molecule has 0 radical (unpaired) electrons. The maximum atomic E-state index is 13.1. The Morgan fingerprint density at radius 1 is 1.13 bits per heavy atom. The van der Waals surface area contributed by atoms with Gasteiger partial charge >= 0.3 is 0 Å². The fraction of sp³-hybridized carbons (Fsp3) is 0.333. The molecule has 1 saturated heterocycles. The molecule has 1 atom stereocenters. The molecule has 164 valence electrons. The zero-order valence-corrected chi connectivity index (χ0v) is 18.8. The van der Waals surface area contributed by atoms with Crippen molar-refractivity contribution in [3.63, 3.8) is 0 Å². The minimum Gasteiger partial charge on any atom is -0.507 e. The lowest BCUT2D eigenvalue weighted by Crippen LogP contribution is -2.30. The normalized spacial score (nSPS) is 17.8. The van der Waals surface area contributed by atoms with Gasteiger partial charge in [0.05, 0.1) is 36.4 Å². The third-order valence-corrected chi connectivity index (χ3v) is 5.67. The zero-order valence-electron chi connectivity index (χ0n) is 18.1. The molecule has 1 fully saturated rings. The van der Waals surface area contributed by atoms with Gasteiger partial charge in [0.1, 0.15) is 17.3 Å². The monoisotopic (exact) mass is 443 g/mol. The van der Waals surface area contributed by atoms with Crippen molar-refractivity contribution in [3.05, 3.63) is 63.7 Å². The molecule has 1 unspecified atom stereocenters. The largest absolute Gasteiger partial charge is 0.507 e. The first-order valence-corrected chi connectivity index (χ1v) is 10.5. The smallest absolute Gasteiger partial charge is 0.295 e. The van der Waals surface area contributed by atoms with Crippen LogP contribution in [-0.4, -0.2) is 42.5 Å². The van der Waals surface area contributed by atoms with Gasteiger partial charge in [-0.05, 0) is 25.0 Å². The van der Waals surface area contributed by atoms with E-state index in [9.17, 15) is 14.7 Å². The van der Waals surface area contributed by atoms with Crippen molar-refractivity contribution < 1.29 is 24.2 Å². The maximum absolute atomic E-state index is 13.1. The average Bonchev–Trinajstić information content (AvgIpc) is 3.01. The molecule has 1 aliphatic heterocycles. The van der Waals surface area contributed by atoms with Crippen LogP contribution in [0.25, 0.3) is 5.76 Å². The van der Waals surface area contributed by atoms with E-state index in [0.717, 1.165) is 24.0 Å². The van der Waals surface area contributed by atoms with Crippen LogP contribution < -0.4 is 9.47 Å². The average molecular weight is 444 g/mol. The van der Waals surface area contributed by atoms with Crippen molar-refractivity contribution in [1.29, 1.82) is 0 Å². The molecule has 0 saturated carbocycles. The Balaban J connectivity index is 2.26. The van der Waals surface area contributed by atoms with Gasteiger partial charge in [0, 0.05) is 12.6 Å². The van der Waals surface area contributed by atoms with E-state index in [2.05, 4.69) is 0 Å². The van der Waals surface area contributed by atoms with Crippen molar-refractivity contribution in [3.8, 4) is 11.5 Å². The summed E-state index contributed by atoms with van der Waals surface area (Å²) in [5, 5.41) is 11.6. The molecular weight excluding hydrogens is 418 g/mol. The number of ether oxygens (including phenoxy) is 2. The quantitative estimate of drug-likeness (QED) is 0.374. The second-order valence-corrected chi connectivity index (χ2v) is 7.85. The van der Waals surface area contributed by atoms with E-state index in [4.69, 9.17) is 21.1 Å². The number of amides is 1. The molecule has 1 N–H and O–H groups in total. The summed E-state index contributed by atoms with van der Waals surface area (Å²) in [6.07, 6.45) is 1.61. The fourth-order valence-electron chi connectivity index (χ4n) is 3.82. The number of likely N-dealkylation sites (tertiary alicyclic amines) is 1. The molecule has 0 aromatic heterocycles. The molecule has 3 rings (SSSR count). The summed E-state index contributed by atoms with van der Waals surface area (Å²) in [5.74, 6) is -1.09. The second kappa shape index (κ2) is 9.43. The molecule has 7 heteroatoms. The number of nitrogens with zero attached hydrogens (tertiary/aromatic N) is 1. The third-order valence-electron chi connectivity index (χ3n) is 5.38. The Morgan fingerprint density at radius 3 is 2.45 bits per heavy atom. The first-order valence-electron chi connectivity index (χ1n) is 10.1. The molecule has 0 aliphatic carbocycles. The molecule has 31 heavy (non-hydrogen) atoms. The lowest BCUT2D eigenvalue weighted by molar-refractivity contribution is -0.139. The van der Waals surface area contributed by atoms with Crippen molar-refractivity contribution in [2.75, 3.05) is 20.8 Å². The van der Waals surface area contributed by atoms with Crippen LogP contribution in [0.3, 0.4) is 0 Å². The third kappa shape index (κ3) is 4.26. The number of ketones is 1. The molecule has 1 amide bonds. The maximum Gasteiger partial charge on any atom is 0.295 e.